The molecule has 5 nitrogen and oxygen atoms in total. The Kier molecular flexibility index (Phi) is 3.74. The second kappa shape index (κ2) is 6.05. The van der Waals surface area contributed by atoms with E-state index in [1.54, 1.807) is 23.9 Å². The van der Waals surface area contributed by atoms with Crippen LogP contribution in [0.25, 0.3) is 20.4 Å². The van der Waals surface area contributed by atoms with Crippen molar-refractivity contribution in [3.05, 3.63) is 48.9 Å². The molecule has 1 aromatic carbocycles. The lowest BCUT2D eigenvalue weighted by Gasteiger charge is -2.11. The maximum atomic E-state index is 5.67. The van der Waals surface area contributed by atoms with Crippen molar-refractivity contribution in [1.82, 2.24) is 15.0 Å². The minimum atomic E-state index is 0.163. The molecule has 0 saturated carbocycles. The molecule has 24 heavy (non-hydrogen) atoms. The predicted molar refractivity (Wildman–Crippen MR) is 98.2 cm³/mol. The third-order valence-electron chi connectivity index (χ3n) is 3.52. The highest BCUT2D eigenvalue weighted by molar-refractivity contribution is 7.25. The number of thiophene rings is 1. The Morgan fingerprint density at radius 3 is 2.67 bits per heavy atom. The zero-order valence-corrected chi connectivity index (χ0v) is 14.2. The van der Waals surface area contributed by atoms with Crippen LogP contribution in [0.1, 0.15) is 13.8 Å². The number of fused-ring (bicyclic) bond motifs is 3. The van der Waals surface area contributed by atoms with Crippen LogP contribution in [0.3, 0.4) is 0 Å². The fraction of sp³-hybridized carbons (Fsp3) is 0.167. The summed E-state index contributed by atoms with van der Waals surface area (Å²) in [6.07, 6.45) is 3.54. The quantitative estimate of drug-likeness (QED) is 0.581. The summed E-state index contributed by atoms with van der Waals surface area (Å²) in [6, 6.07) is 11.8. The van der Waals surface area contributed by atoms with E-state index in [4.69, 9.17) is 4.74 Å². The fourth-order valence-electron chi connectivity index (χ4n) is 2.53. The van der Waals surface area contributed by atoms with Crippen molar-refractivity contribution in [2.45, 2.75) is 20.0 Å². The molecule has 4 rings (SSSR count). The number of anilines is 2. The summed E-state index contributed by atoms with van der Waals surface area (Å²) in [5.74, 6) is 1.65. The van der Waals surface area contributed by atoms with Crippen molar-refractivity contribution >= 4 is 43.3 Å². The topological polar surface area (TPSA) is 59.9 Å². The minimum absolute atomic E-state index is 0.163. The van der Waals surface area contributed by atoms with Crippen LogP contribution in [0, 0.1) is 0 Å². The Labute approximate surface area is 143 Å². The molecule has 0 amide bonds. The summed E-state index contributed by atoms with van der Waals surface area (Å²) >= 11 is 1.60. The van der Waals surface area contributed by atoms with Gasteiger partial charge in [0.15, 0.2) is 5.82 Å². The predicted octanol–water partition coefficient (Wildman–Crippen LogP) is 4.77. The SMILES string of the molecule is CC(C)Oc1ccc(Nc2ncnc3c2sc2ncccc23)cc1. The van der Waals surface area contributed by atoms with Gasteiger partial charge in [-0.2, -0.15) is 0 Å². The fourth-order valence-corrected chi connectivity index (χ4v) is 3.57. The van der Waals surface area contributed by atoms with Gasteiger partial charge in [0.05, 0.1) is 16.3 Å². The molecule has 0 saturated heterocycles. The molecule has 0 spiro atoms. The second-order valence-corrected chi connectivity index (χ2v) is 6.67. The van der Waals surface area contributed by atoms with Crippen molar-refractivity contribution in [3.8, 4) is 5.75 Å². The number of rotatable bonds is 4. The summed E-state index contributed by atoms with van der Waals surface area (Å²) in [5.41, 5.74) is 1.89. The standard InChI is InChI=1S/C18H16N4OS/c1-11(2)23-13-7-5-12(6-8-13)22-17-16-15(20-10-21-17)14-4-3-9-19-18(14)24-16/h3-11H,1-2H3,(H,20,21,22). The smallest absolute Gasteiger partial charge is 0.151 e. The van der Waals surface area contributed by atoms with Crippen molar-refractivity contribution in [2.75, 3.05) is 5.32 Å². The summed E-state index contributed by atoms with van der Waals surface area (Å²) in [7, 11) is 0. The first-order valence-electron chi connectivity index (χ1n) is 7.72. The third-order valence-corrected chi connectivity index (χ3v) is 4.63. The molecule has 0 bridgehead atoms. The van der Waals surface area contributed by atoms with Crippen molar-refractivity contribution in [3.63, 3.8) is 0 Å². The Morgan fingerprint density at radius 2 is 1.88 bits per heavy atom. The first-order valence-corrected chi connectivity index (χ1v) is 8.54. The van der Waals surface area contributed by atoms with E-state index in [0.717, 1.165) is 37.7 Å². The molecule has 0 aliphatic heterocycles. The van der Waals surface area contributed by atoms with E-state index in [0.29, 0.717) is 0 Å². The number of hydrogen-bond donors (Lipinski definition) is 1. The molecule has 1 N–H and O–H groups in total. The molecule has 3 heterocycles. The molecule has 3 aromatic heterocycles. The van der Waals surface area contributed by atoms with Crippen molar-refractivity contribution in [1.29, 1.82) is 0 Å². The summed E-state index contributed by atoms with van der Waals surface area (Å²) in [5, 5.41) is 4.42. The maximum absolute atomic E-state index is 5.67. The zero-order valence-electron chi connectivity index (χ0n) is 13.4. The van der Waals surface area contributed by atoms with Gasteiger partial charge in [0.1, 0.15) is 16.9 Å². The van der Waals surface area contributed by atoms with Gasteiger partial charge in [0, 0.05) is 17.3 Å². The van der Waals surface area contributed by atoms with E-state index in [-0.39, 0.29) is 6.10 Å². The monoisotopic (exact) mass is 336 g/mol. The lowest BCUT2D eigenvalue weighted by atomic mass is 10.3. The number of nitrogens with zero attached hydrogens (tertiary/aromatic N) is 3. The Hall–Kier alpha value is -2.73. The van der Waals surface area contributed by atoms with Crippen LogP contribution in [0.15, 0.2) is 48.9 Å². The lowest BCUT2D eigenvalue weighted by molar-refractivity contribution is 0.242. The van der Waals surface area contributed by atoms with E-state index in [2.05, 4.69) is 20.3 Å². The van der Waals surface area contributed by atoms with E-state index >= 15 is 0 Å². The van der Waals surface area contributed by atoms with Crippen LogP contribution in [0.2, 0.25) is 0 Å². The van der Waals surface area contributed by atoms with Gasteiger partial charge in [-0.25, -0.2) is 15.0 Å². The van der Waals surface area contributed by atoms with Gasteiger partial charge >= 0.3 is 0 Å². The zero-order chi connectivity index (χ0) is 16.5. The van der Waals surface area contributed by atoms with Gasteiger partial charge in [0.25, 0.3) is 0 Å². The van der Waals surface area contributed by atoms with E-state index in [9.17, 15) is 0 Å². The number of nitrogens with one attached hydrogen (secondary N) is 1. The molecule has 0 aliphatic carbocycles. The van der Waals surface area contributed by atoms with Gasteiger partial charge in [0.2, 0.25) is 0 Å². The molecule has 0 fully saturated rings. The van der Waals surface area contributed by atoms with Crippen LogP contribution < -0.4 is 10.1 Å². The van der Waals surface area contributed by atoms with Gasteiger partial charge in [-0.15, -0.1) is 11.3 Å². The largest absolute Gasteiger partial charge is 0.491 e. The molecular formula is C18H16N4OS. The average Bonchev–Trinajstić information content (AvgIpc) is 2.96. The highest BCUT2D eigenvalue weighted by Crippen LogP contribution is 2.35. The number of aromatic nitrogens is 3. The number of benzene rings is 1. The minimum Gasteiger partial charge on any atom is -0.491 e. The number of hydrogen-bond acceptors (Lipinski definition) is 6. The van der Waals surface area contributed by atoms with Gasteiger partial charge < -0.3 is 10.1 Å². The van der Waals surface area contributed by atoms with Crippen LogP contribution in [0.5, 0.6) is 5.75 Å². The van der Waals surface area contributed by atoms with E-state index in [1.807, 2.05) is 50.2 Å². The maximum Gasteiger partial charge on any atom is 0.151 e. The van der Waals surface area contributed by atoms with Gasteiger partial charge in [-0.3, -0.25) is 0 Å². The van der Waals surface area contributed by atoms with Gasteiger partial charge in [-0.1, -0.05) is 0 Å². The lowest BCUT2D eigenvalue weighted by Crippen LogP contribution is -2.05. The first kappa shape index (κ1) is 14.8. The Balaban J connectivity index is 1.69. The normalized spacial score (nSPS) is 11.3. The van der Waals surface area contributed by atoms with E-state index < -0.39 is 0 Å². The highest BCUT2D eigenvalue weighted by Gasteiger charge is 2.11. The van der Waals surface area contributed by atoms with Crippen LogP contribution in [0.4, 0.5) is 11.5 Å². The Morgan fingerprint density at radius 1 is 1.04 bits per heavy atom. The number of pyridine rings is 1. The summed E-state index contributed by atoms with van der Waals surface area (Å²) in [4.78, 5) is 14.2. The second-order valence-electron chi connectivity index (χ2n) is 5.67. The average molecular weight is 336 g/mol. The molecule has 0 atom stereocenters. The summed E-state index contributed by atoms with van der Waals surface area (Å²) in [6.45, 7) is 4.03. The molecule has 120 valence electrons. The first-order chi connectivity index (χ1) is 11.7. The Bertz CT molecular complexity index is 995. The molecule has 4 aromatic rings. The van der Waals surface area contributed by atoms with Gasteiger partial charge in [-0.05, 0) is 50.2 Å². The number of ether oxygens (including phenoxy) is 1. The van der Waals surface area contributed by atoms with Crippen molar-refractivity contribution < 1.29 is 4.74 Å². The van der Waals surface area contributed by atoms with E-state index in [1.165, 1.54) is 0 Å². The third kappa shape index (κ3) is 2.76. The van der Waals surface area contributed by atoms with Crippen LogP contribution in [-0.2, 0) is 0 Å². The van der Waals surface area contributed by atoms with Crippen LogP contribution >= 0.6 is 11.3 Å². The highest BCUT2D eigenvalue weighted by atomic mass is 32.1. The summed E-state index contributed by atoms with van der Waals surface area (Å²) < 4.78 is 6.68. The van der Waals surface area contributed by atoms with Crippen LogP contribution in [-0.4, -0.2) is 21.1 Å². The molecule has 0 radical (unpaired) electrons. The molecule has 6 heteroatoms. The molecule has 0 aliphatic rings. The molecule has 0 unspecified atom stereocenters. The molecular weight excluding hydrogens is 320 g/mol. The van der Waals surface area contributed by atoms with Crippen molar-refractivity contribution in [2.24, 2.45) is 0 Å².